The van der Waals surface area contributed by atoms with Crippen molar-refractivity contribution in [2.24, 2.45) is 5.92 Å². The summed E-state index contributed by atoms with van der Waals surface area (Å²) in [5.74, 6) is -1.55. The number of carbonyl (C=O) groups excluding carboxylic acids is 3. The minimum absolute atomic E-state index is 0.0212. The van der Waals surface area contributed by atoms with Crippen molar-refractivity contribution < 1.29 is 29.0 Å². The highest BCUT2D eigenvalue weighted by molar-refractivity contribution is 5.90. The van der Waals surface area contributed by atoms with Crippen LogP contribution < -0.4 is 10.6 Å². The first-order chi connectivity index (χ1) is 13.4. The van der Waals surface area contributed by atoms with Crippen molar-refractivity contribution in [3.05, 3.63) is 35.9 Å². The van der Waals surface area contributed by atoms with Crippen LogP contribution in [0.1, 0.15) is 47.1 Å². The van der Waals surface area contributed by atoms with Crippen molar-refractivity contribution in [2.45, 2.75) is 71.9 Å². The highest BCUT2D eigenvalue weighted by Gasteiger charge is 2.33. The normalized spacial score (nSPS) is 14.5. The number of esters is 1. The minimum Gasteiger partial charge on any atom is -0.458 e. The van der Waals surface area contributed by atoms with Crippen molar-refractivity contribution in [3.8, 4) is 0 Å². The molecule has 0 saturated heterocycles. The molecule has 162 valence electrons. The molecular formula is C21H32N2O6. The van der Waals surface area contributed by atoms with E-state index in [1.54, 1.807) is 46.8 Å². The summed E-state index contributed by atoms with van der Waals surface area (Å²) in [6.07, 6.45) is -2.06. The van der Waals surface area contributed by atoms with Crippen LogP contribution >= 0.6 is 0 Å². The third-order valence-electron chi connectivity index (χ3n) is 3.88. The lowest BCUT2D eigenvalue weighted by molar-refractivity contribution is -0.160. The summed E-state index contributed by atoms with van der Waals surface area (Å²) in [6.45, 7) is 10.1. The number of ether oxygens (including phenoxy) is 2. The van der Waals surface area contributed by atoms with Crippen LogP contribution in [0.4, 0.5) is 4.79 Å². The van der Waals surface area contributed by atoms with E-state index in [1.165, 1.54) is 6.92 Å². The van der Waals surface area contributed by atoms with Crippen LogP contribution in [0.25, 0.3) is 0 Å². The third-order valence-corrected chi connectivity index (χ3v) is 3.88. The Kier molecular flexibility index (Phi) is 9.10. The Morgan fingerprint density at radius 2 is 1.59 bits per heavy atom. The number of benzene rings is 1. The number of aliphatic hydroxyl groups is 1. The Morgan fingerprint density at radius 3 is 2.07 bits per heavy atom. The second-order valence-corrected chi connectivity index (χ2v) is 8.19. The second kappa shape index (κ2) is 10.8. The maximum Gasteiger partial charge on any atom is 0.408 e. The molecule has 0 fully saturated rings. The van der Waals surface area contributed by atoms with E-state index in [0.29, 0.717) is 0 Å². The average molecular weight is 408 g/mol. The Bertz CT molecular complexity index is 682. The molecule has 0 aliphatic carbocycles. The molecule has 0 heterocycles. The highest BCUT2D eigenvalue weighted by Crippen LogP contribution is 2.13. The van der Waals surface area contributed by atoms with Gasteiger partial charge in [-0.1, -0.05) is 44.2 Å². The largest absolute Gasteiger partial charge is 0.458 e. The molecule has 0 aliphatic heterocycles. The summed E-state index contributed by atoms with van der Waals surface area (Å²) in [5.41, 5.74) is 0.0727. The number of aliphatic hydroxyl groups excluding tert-OH is 1. The quantitative estimate of drug-likeness (QED) is 0.568. The van der Waals surface area contributed by atoms with Gasteiger partial charge in [0.25, 0.3) is 0 Å². The smallest absolute Gasteiger partial charge is 0.408 e. The SMILES string of the molecule is CC(C)[C@H](NC(=O)[C@@H](NC(=O)OCc1ccccc1)[C@H](C)O)C(=O)OC(C)(C)C. The van der Waals surface area contributed by atoms with E-state index in [4.69, 9.17) is 9.47 Å². The van der Waals surface area contributed by atoms with Crippen LogP contribution in [0.15, 0.2) is 30.3 Å². The fraction of sp³-hybridized carbons (Fsp3) is 0.571. The lowest BCUT2D eigenvalue weighted by Gasteiger charge is -2.28. The van der Waals surface area contributed by atoms with Gasteiger partial charge in [-0.3, -0.25) is 4.79 Å². The molecule has 3 atom stereocenters. The Labute approximate surface area is 172 Å². The number of alkyl carbamates (subject to hydrolysis) is 1. The maximum atomic E-state index is 12.6. The molecule has 1 aromatic rings. The van der Waals surface area contributed by atoms with Crippen molar-refractivity contribution >= 4 is 18.0 Å². The first kappa shape index (κ1) is 24.4. The van der Waals surface area contributed by atoms with Crippen LogP contribution in [0.3, 0.4) is 0 Å². The molecule has 0 bridgehead atoms. The van der Waals surface area contributed by atoms with Gasteiger partial charge in [0.2, 0.25) is 5.91 Å². The fourth-order valence-corrected chi connectivity index (χ4v) is 2.40. The number of carbonyl (C=O) groups is 3. The monoisotopic (exact) mass is 408 g/mol. The van der Waals surface area contributed by atoms with Gasteiger partial charge in [0.1, 0.15) is 24.3 Å². The Balaban J connectivity index is 2.74. The van der Waals surface area contributed by atoms with Gasteiger partial charge in [0.15, 0.2) is 0 Å². The molecule has 1 aromatic carbocycles. The zero-order chi connectivity index (χ0) is 22.2. The third kappa shape index (κ3) is 8.95. The van der Waals surface area contributed by atoms with Crippen LogP contribution in [-0.2, 0) is 25.7 Å². The molecule has 0 radical (unpaired) electrons. The van der Waals surface area contributed by atoms with Crippen LogP contribution in [-0.4, -0.2) is 46.9 Å². The van der Waals surface area contributed by atoms with E-state index < -0.39 is 41.8 Å². The molecule has 0 unspecified atom stereocenters. The number of amides is 2. The molecule has 0 aliphatic rings. The topological polar surface area (TPSA) is 114 Å². The molecule has 29 heavy (non-hydrogen) atoms. The van der Waals surface area contributed by atoms with Crippen molar-refractivity contribution in [1.29, 1.82) is 0 Å². The second-order valence-electron chi connectivity index (χ2n) is 8.19. The number of nitrogens with one attached hydrogen (secondary N) is 2. The molecule has 0 spiro atoms. The van der Waals surface area contributed by atoms with E-state index in [1.807, 2.05) is 18.2 Å². The van der Waals surface area contributed by atoms with Gasteiger partial charge in [-0.2, -0.15) is 0 Å². The predicted molar refractivity (Wildman–Crippen MR) is 108 cm³/mol. The first-order valence-corrected chi connectivity index (χ1v) is 9.59. The van der Waals surface area contributed by atoms with Gasteiger partial charge in [-0.05, 0) is 39.2 Å². The molecule has 3 N–H and O–H groups in total. The summed E-state index contributed by atoms with van der Waals surface area (Å²) >= 11 is 0. The maximum absolute atomic E-state index is 12.6. The standard InChI is InChI=1S/C21H32N2O6/c1-13(2)16(19(26)29-21(4,5)6)22-18(25)17(14(3)24)23-20(27)28-12-15-10-8-7-9-11-15/h7-11,13-14,16-17,24H,12H2,1-6H3,(H,22,25)(H,23,27)/t14-,16-,17-/m0/s1. The van der Waals surface area contributed by atoms with Crippen molar-refractivity contribution in [2.75, 3.05) is 0 Å². The molecule has 2 amide bonds. The van der Waals surface area contributed by atoms with E-state index in [0.717, 1.165) is 5.56 Å². The molecule has 0 saturated carbocycles. The molecule has 8 nitrogen and oxygen atoms in total. The molecule has 1 rings (SSSR count). The van der Waals surface area contributed by atoms with E-state index in [9.17, 15) is 19.5 Å². The summed E-state index contributed by atoms with van der Waals surface area (Å²) in [6, 6.07) is 6.83. The number of hydrogen-bond donors (Lipinski definition) is 3. The van der Waals surface area contributed by atoms with Gasteiger partial charge in [-0.15, -0.1) is 0 Å². The van der Waals surface area contributed by atoms with E-state index in [2.05, 4.69) is 10.6 Å². The van der Waals surface area contributed by atoms with Gasteiger partial charge in [0, 0.05) is 0 Å². The fourth-order valence-electron chi connectivity index (χ4n) is 2.40. The first-order valence-electron chi connectivity index (χ1n) is 9.59. The van der Waals surface area contributed by atoms with Crippen LogP contribution in [0.5, 0.6) is 0 Å². The number of hydrogen-bond acceptors (Lipinski definition) is 6. The highest BCUT2D eigenvalue weighted by atomic mass is 16.6. The Morgan fingerprint density at radius 1 is 1.00 bits per heavy atom. The van der Waals surface area contributed by atoms with Crippen LogP contribution in [0, 0.1) is 5.92 Å². The van der Waals surface area contributed by atoms with E-state index >= 15 is 0 Å². The summed E-state index contributed by atoms with van der Waals surface area (Å²) < 4.78 is 10.4. The summed E-state index contributed by atoms with van der Waals surface area (Å²) in [7, 11) is 0. The van der Waals surface area contributed by atoms with Gasteiger partial charge in [0.05, 0.1) is 6.10 Å². The van der Waals surface area contributed by atoms with Crippen molar-refractivity contribution in [3.63, 3.8) is 0 Å². The van der Waals surface area contributed by atoms with Crippen LogP contribution in [0.2, 0.25) is 0 Å². The lowest BCUT2D eigenvalue weighted by atomic mass is 10.0. The van der Waals surface area contributed by atoms with Crippen molar-refractivity contribution in [1.82, 2.24) is 10.6 Å². The number of rotatable bonds is 8. The van der Waals surface area contributed by atoms with Gasteiger partial charge >= 0.3 is 12.1 Å². The van der Waals surface area contributed by atoms with Gasteiger partial charge < -0.3 is 25.2 Å². The minimum atomic E-state index is -1.29. The molecule has 0 aromatic heterocycles. The summed E-state index contributed by atoms with van der Waals surface area (Å²) in [4.78, 5) is 37.1. The Hall–Kier alpha value is -2.61. The van der Waals surface area contributed by atoms with Gasteiger partial charge in [-0.25, -0.2) is 9.59 Å². The zero-order valence-electron chi connectivity index (χ0n) is 17.9. The molecule has 8 heteroatoms. The predicted octanol–water partition coefficient (Wildman–Crippen LogP) is 2.14. The summed E-state index contributed by atoms with van der Waals surface area (Å²) in [5, 5.41) is 14.8. The molecular weight excluding hydrogens is 376 g/mol. The van der Waals surface area contributed by atoms with E-state index in [-0.39, 0.29) is 12.5 Å². The zero-order valence-corrected chi connectivity index (χ0v) is 17.9. The lowest BCUT2D eigenvalue weighted by Crippen LogP contribution is -2.57. The average Bonchev–Trinajstić information content (AvgIpc) is 2.61.